The summed E-state index contributed by atoms with van der Waals surface area (Å²) in [5.74, 6) is 0. The molecule has 2 unspecified atom stereocenters. The van der Waals surface area contributed by atoms with Gasteiger partial charge in [0.2, 0.25) is 0 Å². The van der Waals surface area contributed by atoms with E-state index in [-0.39, 0.29) is 6.10 Å². The van der Waals surface area contributed by atoms with Crippen molar-refractivity contribution < 1.29 is 9.84 Å². The average Bonchev–Trinajstić information content (AvgIpc) is 2.59. The van der Waals surface area contributed by atoms with Crippen molar-refractivity contribution in [3.8, 4) is 0 Å². The van der Waals surface area contributed by atoms with Crippen molar-refractivity contribution in [1.29, 1.82) is 0 Å². The van der Waals surface area contributed by atoms with Gasteiger partial charge in [0, 0.05) is 18.5 Å². The van der Waals surface area contributed by atoms with Gasteiger partial charge in [0.25, 0.3) is 0 Å². The Morgan fingerprint density at radius 3 is 2.80 bits per heavy atom. The fourth-order valence-corrected chi connectivity index (χ4v) is 2.39. The number of methoxy groups -OCH3 is 1. The van der Waals surface area contributed by atoms with Crippen LogP contribution in [0.5, 0.6) is 0 Å². The molecule has 0 amide bonds. The summed E-state index contributed by atoms with van der Waals surface area (Å²) in [5.41, 5.74) is 0.978. The number of aliphatic hydroxyl groups is 1. The highest BCUT2D eigenvalue weighted by Crippen LogP contribution is 2.26. The van der Waals surface area contributed by atoms with E-state index >= 15 is 0 Å². The summed E-state index contributed by atoms with van der Waals surface area (Å²) in [5, 5.41) is 13.7. The zero-order valence-corrected chi connectivity index (χ0v) is 10.4. The van der Waals surface area contributed by atoms with Gasteiger partial charge in [-0.1, -0.05) is 0 Å². The van der Waals surface area contributed by atoms with Crippen LogP contribution in [-0.2, 0) is 11.3 Å². The molecule has 0 saturated heterocycles. The molecule has 1 heterocycles. The van der Waals surface area contributed by atoms with Gasteiger partial charge in [-0.3, -0.25) is 0 Å². The quantitative estimate of drug-likeness (QED) is 0.799. The van der Waals surface area contributed by atoms with Crippen LogP contribution in [0.1, 0.15) is 28.6 Å². The molecule has 0 radical (unpaired) electrons. The maximum absolute atomic E-state index is 9.90. The summed E-state index contributed by atoms with van der Waals surface area (Å²) in [6, 6.07) is 0. The summed E-state index contributed by atoms with van der Waals surface area (Å²) >= 11 is 1.53. The minimum Gasteiger partial charge on any atom is -0.383 e. The molecule has 0 aliphatic rings. The van der Waals surface area contributed by atoms with E-state index in [0.717, 1.165) is 22.1 Å². The number of nitrogens with one attached hydrogen (secondary N) is 1. The van der Waals surface area contributed by atoms with Crippen molar-refractivity contribution in [2.75, 3.05) is 14.2 Å². The highest BCUT2D eigenvalue weighted by atomic mass is 32.1. The second-order valence-corrected chi connectivity index (χ2v) is 4.59. The molecule has 0 saturated carbocycles. The lowest BCUT2D eigenvalue weighted by Crippen LogP contribution is -2.16. The predicted octanol–water partition coefficient (Wildman–Crippen LogP) is 1.24. The molecule has 0 bridgehead atoms. The smallest absolute Gasteiger partial charge is 0.131 e. The van der Waals surface area contributed by atoms with Crippen LogP contribution in [0, 0.1) is 6.92 Å². The van der Waals surface area contributed by atoms with Crippen molar-refractivity contribution in [3.63, 3.8) is 0 Å². The van der Waals surface area contributed by atoms with Gasteiger partial charge in [-0.15, -0.1) is 11.3 Å². The van der Waals surface area contributed by atoms with Gasteiger partial charge in [-0.25, -0.2) is 4.98 Å². The topological polar surface area (TPSA) is 54.4 Å². The lowest BCUT2D eigenvalue weighted by Gasteiger charge is -2.14. The van der Waals surface area contributed by atoms with Gasteiger partial charge in [0.1, 0.15) is 11.1 Å². The first-order chi connectivity index (χ1) is 7.10. The molecular formula is C10H18N2O2S. The van der Waals surface area contributed by atoms with Crippen molar-refractivity contribution in [3.05, 3.63) is 15.6 Å². The molecular weight excluding hydrogens is 212 g/mol. The van der Waals surface area contributed by atoms with Crippen LogP contribution >= 0.6 is 11.3 Å². The van der Waals surface area contributed by atoms with E-state index in [1.807, 2.05) is 20.9 Å². The summed E-state index contributed by atoms with van der Waals surface area (Å²) < 4.78 is 5.08. The Bertz CT molecular complexity index is 314. The first kappa shape index (κ1) is 12.6. The van der Waals surface area contributed by atoms with Crippen LogP contribution in [0.15, 0.2) is 0 Å². The van der Waals surface area contributed by atoms with E-state index < -0.39 is 6.10 Å². The molecule has 0 spiro atoms. The van der Waals surface area contributed by atoms with E-state index in [4.69, 9.17) is 4.74 Å². The first-order valence-electron chi connectivity index (χ1n) is 4.91. The standard InChI is InChI=1S/C10H18N2O2S/c1-6-8(5-11-3)15-10(12-6)9(13)7(2)14-4/h7,9,11,13H,5H2,1-4H3. The van der Waals surface area contributed by atoms with Crippen LogP contribution in [0.2, 0.25) is 0 Å². The van der Waals surface area contributed by atoms with Crippen molar-refractivity contribution in [2.24, 2.45) is 0 Å². The Morgan fingerprint density at radius 1 is 1.60 bits per heavy atom. The maximum Gasteiger partial charge on any atom is 0.131 e. The molecule has 86 valence electrons. The minimum absolute atomic E-state index is 0.224. The molecule has 5 heteroatoms. The van der Waals surface area contributed by atoms with Crippen LogP contribution in [0.3, 0.4) is 0 Å². The zero-order valence-electron chi connectivity index (χ0n) is 9.57. The number of thiazole rings is 1. The predicted molar refractivity (Wildman–Crippen MR) is 61.0 cm³/mol. The number of hydrogen-bond donors (Lipinski definition) is 2. The van der Waals surface area contributed by atoms with Crippen LogP contribution < -0.4 is 5.32 Å². The lowest BCUT2D eigenvalue weighted by molar-refractivity contribution is -0.00156. The molecule has 15 heavy (non-hydrogen) atoms. The second-order valence-electron chi connectivity index (χ2n) is 3.48. The molecule has 1 aromatic heterocycles. The highest BCUT2D eigenvalue weighted by molar-refractivity contribution is 7.11. The molecule has 0 fully saturated rings. The van der Waals surface area contributed by atoms with E-state index in [1.165, 1.54) is 11.3 Å². The number of rotatable bonds is 5. The van der Waals surface area contributed by atoms with E-state index in [9.17, 15) is 5.11 Å². The Kier molecular flexibility index (Phi) is 4.66. The monoisotopic (exact) mass is 230 g/mol. The van der Waals surface area contributed by atoms with Crippen LogP contribution in [0.25, 0.3) is 0 Å². The van der Waals surface area contributed by atoms with Crippen molar-refractivity contribution in [2.45, 2.75) is 32.6 Å². The molecule has 1 aromatic rings. The van der Waals surface area contributed by atoms with E-state index in [2.05, 4.69) is 10.3 Å². The number of hydrogen-bond acceptors (Lipinski definition) is 5. The number of aryl methyl sites for hydroxylation is 1. The first-order valence-corrected chi connectivity index (χ1v) is 5.73. The normalized spacial score (nSPS) is 15.3. The summed E-state index contributed by atoms with van der Waals surface area (Å²) in [6.07, 6.45) is -0.859. The Labute approximate surface area is 94.3 Å². The van der Waals surface area contributed by atoms with Gasteiger partial charge < -0.3 is 15.2 Å². The highest BCUT2D eigenvalue weighted by Gasteiger charge is 2.20. The summed E-state index contributed by atoms with van der Waals surface area (Å²) in [7, 11) is 3.48. The Morgan fingerprint density at radius 2 is 2.27 bits per heavy atom. The summed E-state index contributed by atoms with van der Waals surface area (Å²) in [4.78, 5) is 5.51. The molecule has 2 atom stereocenters. The van der Waals surface area contributed by atoms with E-state index in [0.29, 0.717) is 0 Å². The Hall–Kier alpha value is -0.490. The molecule has 2 N–H and O–H groups in total. The molecule has 0 aliphatic carbocycles. The zero-order chi connectivity index (χ0) is 11.4. The Balaban J connectivity index is 2.81. The summed E-state index contributed by atoms with van der Waals surface area (Å²) in [6.45, 7) is 4.58. The van der Waals surface area contributed by atoms with Gasteiger partial charge in [0.05, 0.1) is 11.8 Å². The third-order valence-corrected chi connectivity index (χ3v) is 3.54. The lowest BCUT2D eigenvalue weighted by atomic mass is 10.2. The molecule has 1 rings (SSSR count). The molecule has 0 aromatic carbocycles. The van der Waals surface area contributed by atoms with Crippen molar-refractivity contribution >= 4 is 11.3 Å². The van der Waals surface area contributed by atoms with Gasteiger partial charge in [-0.05, 0) is 20.9 Å². The third-order valence-electron chi connectivity index (χ3n) is 2.32. The number of aliphatic hydroxyl groups excluding tert-OH is 1. The van der Waals surface area contributed by atoms with Crippen LogP contribution in [0.4, 0.5) is 0 Å². The molecule has 0 aliphatic heterocycles. The number of nitrogens with zero attached hydrogens (tertiary/aromatic N) is 1. The maximum atomic E-state index is 9.90. The fourth-order valence-electron chi connectivity index (χ4n) is 1.23. The number of ether oxygens (including phenoxy) is 1. The number of aromatic nitrogens is 1. The van der Waals surface area contributed by atoms with Crippen LogP contribution in [-0.4, -0.2) is 30.4 Å². The average molecular weight is 230 g/mol. The molecule has 4 nitrogen and oxygen atoms in total. The van der Waals surface area contributed by atoms with Gasteiger partial charge in [0.15, 0.2) is 0 Å². The third kappa shape index (κ3) is 2.98. The fraction of sp³-hybridized carbons (Fsp3) is 0.700. The second kappa shape index (κ2) is 5.55. The largest absolute Gasteiger partial charge is 0.383 e. The SMILES string of the molecule is CNCc1sc(C(O)C(C)OC)nc1C. The van der Waals surface area contributed by atoms with Crippen molar-refractivity contribution in [1.82, 2.24) is 10.3 Å². The minimum atomic E-state index is -0.635. The van der Waals surface area contributed by atoms with Gasteiger partial charge in [-0.2, -0.15) is 0 Å². The van der Waals surface area contributed by atoms with E-state index in [1.54, 1.807) is 7.11 Å². The van der Waals surface area contributed by atoms with Gasteiger partial charge >= 0.3 is 0 Å².